The Labute approximate surface area is 152 Å². The number of carbonyl (C=O) groups is 2. The Hall–Kier alpha value is -2.33. The fourth-order valence-electron chi connectivity index (χ4n) is 3.11. The summed E-state index contributed by atoms with van der Waals surface area (Å²) in [5, 5.41) is 3.48. The lowest BCUT2D eigenvalue weighted by atomic mass is 10.1. The molecule has 2 aromatic rings. The number of nitrogens with one attached hydrogen (secondary N) is 1. The SMILES string of the molecule is Cc1ccc(NC(=O)[C@H]2CC(=O)N([C@@H](C)c3ccccc3)C2)cc1Cl. The summed E-state index contributed by atoms with van der Waals surface area (Å²) in [7, 11) is 0. The highest BCUT2D eigenvalue weighted by Gasteiger charge is 2.37. The molecule has 2 aromatic carbocycles. The van der Waals surface area contributed by atoms with E-state index >= 15 is 0 Å². The molecule has 25 heavy (non-hydrogen) atoms. The first-order valence-electron chi connectivity index (χ1n) is 8.37. The van der Waals surface area contributed by atoms with E-state index < -0.39 is 0 Å². The first-order chi connectivity index (χ1) is 12.0. The van der Waals surface area contributed by atoms with Gasteiger partial charge in [-0.05, 0) is 37.1 Å². The standard InChI is InChI=1S/C20H21ClN2O2/c1-13-8-9-17(11-18(13)21)22-20(25)16-10-19(24)23(12-16)14(2)15-6-4-3-5-7-15/h3-9,11,14,16H,10,12H2,1-2H3,(H,22,25)/t14-,16-/m0/s1. The molecule has 0 spiro atoms. The van der Waals surface area contributed by atoms with E-state index in [1.807, 2.05) is 56.3 Å². The van der Waals surface area contributed by atoms with E-state index in [1.54, 1.807) is 11.0 Å². The number of benzene rings is 2. The summed E-state index contributed by atoms with van der Waals surface area (Å²) in [5.74, 6) is -0.479. The molecule has 0 aliphatic carbocycles. The summed E-state index contributed by atoms with van der Waals surface area (Å²) < 4.78 is 0. The molecular formula is C20H21ClN2O2. The van der Waals surface area contributed by atoms with Crippen LogP contribution in [-0.2, 0) is 9.59 Å². The van der Waals surface area contributed by atoms with Crippen molar-refractivity contribution in [3.63, 3.8) is 0 Å². The molecular weight excluding hydrogens is 336 g/mol. The van der Waals surface area contributed by atoms with E-state index in [0.29, 0.717) is 17.3 Å². The third kappa shape index (κ3) is 3.85. The summed E-state index contributed by atoms with van der Waals surface area (Å²) in [4.78, 5) is 26.7. The van der Waals surface area contributed by atoms with Gasteiger partial charge in [0, 0.05) is 23.7 Å². The van der Waals surface area contributed by atoms with Crippen LogP contribution in [0, 0.1) is 12.8 Å². The first-order valence-corrected chi connectivity index (χ1v) is 8.75. The van der Waals surface area contributed by atoms with Gasteiger partial charge >= 0.3 is 0 Å². The molecule has 1 saturated heterocycles. The number of rotatable bonds is 4. The highest BCUT2D eigenvalue weighted by Crippen LogP contribution is 2.29. The van der Waals surface area contributed by atoms with Gasteiger partial charge in [-0.2, -0.15) is 0 Å². The molecule has 130 valence electrons. The van der Waals surface area contributed by atoms with Crippen LogP contribution in [-0.4, -0.2) is 23.3 Å². The van der Waals surface area contributed by atoms with Crippen molar-refractivity contribution in [2.75, 3.05) is 11.9 Å². The smallest absolute Gasteiger partial charge is 0.229 e. The second-order valence-electron chi connectivity index (χ2n) is 6.49. The van der Waals surface area contributed by atoms with Crippen LogP contribution in [0.3, 0.4) is 0 Å². The topological polar surface area (TPSA) is 49.4 Å². The van der Waals surface area contributed by atoms with E-state index in [4.69, 9.17) is 11.6 Å². The van der Waals surface area contributed by atoms with Crippen molar-refractivity contribution in [1.82, 2.24) is 4.90 Å². The van der Waals surface area contributed by atoms with Crippen LogP contribution in [0.25, 0.3) is 0 Å². The van der Waals surface area contributed by atoms with E-state index in [9.17, 15) is 9.59 Å². The van der Waals surface area contributed by atoms with Crippen LogP contribution < -0.4 is 5.32 Å². The van der Waals surface area contributed by atoms with Crippen molar-refractivity contribution < 1.29 is 9.59 Å². The maximum Gasteiger partial charge on any atom is 0.229 e. The average Bonchev–Trinajstić information content (AvgIpc) is 3.00. The van der Waals surface area contributed by atoms with Crippen molar-refractivity contribution in [2.24, 2.45) is 5.92 Å². The van der Waals surface area contributed by atoms with Crippen molar-refractivity contribution in [1.29, 1.82) is 0 Å². The predicted octanol–water partition coefficient (Wildman–Crippen LogP) is 4.20. The van der Waals surface area contributed by atoms with Gasteiger partial charge in [0.2, 0.25) is 11.8 Å². The van der Waals surface area contributed by atoms with E-state index in [-0.39, 0.29) is 30.2 Å². The molecule has 1 aliphatic heterocycles. The van der Waals surface area contributed by atoms with Gasteiger partial charge in [-0.1, -0.05) is 48.0 Å². The second kappa shape index (κ2) is 7.28. The maximum atomic E-state index is 12.5. The lowest BCUT2D eigenvalue weighted by molar-refractivity contribution is -0.129. The number of amides is 2. The van der Waals surface area contributed by atoms with Crippen molar-refractivity contribution in [3.8, 4) is 0 Å². The summed E-state index contributed by atoms with van der Waals surface area (Å²) in [6, 6.07) is 15.2. The van der Waals surface area contributed by atoms with E-state index in [0.717, 1.165) is 11.1 Å². The molecule has 5 heteroatoms. The molecule has 1 fully saturated rings. The molecule has 1 aliphatic rings. The Balaban J connectivity index is 1.67. The third-order valence-corrected chi connectivity index (χ3v) is 5.13. The minimum atomic E-state index is -0.348. The lowest BCUT2D eigenvalue weighted by Gasteiger charge is -2.25. The van der Waals surface area contributed by atoms with Crippen LogP contribution in [0.15, 0.2) is 48.5 Å². The van der Waals surface area contributed by atoms with Gasteiger partial charge in [0.05, 0.1) is 12.0 Å². The maximum absolute atomic E-state index is 12.5. The number of likely N-dealkylation sites (tertiary alicyclic amines) is 1. The summed E-state index contributed by atoms with van der Waals surface area (Å²) >= 11 is 6.10. The minimum Gasteiger partial charge on any atom is -0.335 e. The normalized spacial score (nSPS) is 18.3. The molecule has 0 unspecified atom stereocenters. The largest absolute Gasteiger partial charge is 0.335 e. The molecule has 3 rings (SSSR count). The Morgan fingerprint density at radius 2 is 1.96 bits per heavy atom. The van der Waals surface area contributed by atoms with Gasteiger partial charge in [0.25, 0.3) is 0 Å². The summed E-state index contributed by atoms with van der Waals surface area (Å²) in [6.45, 7) is 4.33. The molecule has 0 radical (unpaired) electrons. The molecule has 1 N–H and O–H groups in total. The van der Waals surface area contributed by atoms with Crippen molar-refractivity contribution in [3.05, 3.63) is 64.7 Å². The minimum absolute atomic E-state index is 0.0124. The van der Waals surface area contributed by atoms with E-state index in [1.165, 1.54) is 0 Å². The van der Waals surface area contributed by atoms with Gasteiger partial charge in [-0.25, -0.2) is 0 Å². The Kier molecular flexibility index (Phi) is 5.09. The van der Waals surface area contributed by atoms with Gasteiger partial charge in [0.1, 0.15) is 0 Å². The zero-order valence-electron chi connectivity index (χ0n) is 14.3. The number of halogens is 1. The highest BCUT2D eigenvalue weighted by molar-refractivity contribution is 6.31. The zero-order chi connectivity index (χ0) is 18.0. The fourth-order valence-corrected chi connectivity index (χ4v) is 3.29. The van der Waals surface area contributed by atoms with Crippen LogP contribution in [0.5, 0.6) is 0 Å². The quantitative estimate of drug-likeness (QED) is 0.892. The molecule has 0 saturated carbocycles. The van der Waals surface area contributed by atoms with Gasteiger partial charge in [-0.15, -0.1) is 0 Å². The lowest BCUT2D eigenvalue weighted by Crippen LogP contribution is -2.30. The van der Waals surface area contributed by atoms with E-state index in [2.05, 4.69) is 5.32 Å². The van der Waals surface area contributed by atoms with Gasteiger partial charge in [-0.3, -0.25) is 9.59 Å². The molecule has 2 atom stereocenters. The number of carbonyl (C=O) groups excluding carboxylic acids is 2. The number of anilines is 1. The number of hydrogen-bond donors (Lipinski definition) is 1. The Morgan fingerprint density at radius 1 is 1.24 bits per heavy atom. The number of hydrogen-bond acceptors (Lipinski definition) is 2. The van der Waals surface area contributed by atoms with Crippen LogP contribution in [0.1, 0.15) is 30.5 Å². The first kappa shape index (κ1) is 17.5. The average molecular weight is 357 g/mol. The molecule has 0 aromatic heterocycles. The molecule has 0 bridgehead atoms. The zero-order valence-corrected chi connectivity index (χ0v) is 15.1. The highest BCUT2D eigenvalue weighted by atomic mass is 35.5. The van der Waals surface area contributed by atoms with Crippen molar-refractivity contribution >= 4 is 29.1 Å². The van der Waals surface area contributed by atoms with Crippen LogP contribution in [0.2, 0.25) is 5.02 Å². The summed E-state index contributed by atoms with van der Waals surface area (Å²) in [6.07, 6.45) is 0.239. The Bertz CT molecular complexity index is 792. The number of nitrogens with zero attached hydrogens (tertiary/aromatic N) is 1. The second-order valence-corrected chi connectivity index (χ2v) is 6.89. The third-order valence-electron chi connectivity index (χ3n) is 4.72. The van der Waals surface area contributed by atoms with Gasteiger partial charge in [0.15, 0.2) is 0 Å². The molecule has 4 nitrogen and oxygen atoms in total. The van der Waals surface area contributed by atoms with Crippen LogP contribution >= 0.6 is 11.6 Å². The monoisotopic (exact) mass is 356 g/mol. The van der Waals surface area contributed by atoms with Gasteiger partial charge < -0.3 is 10.2 Å². The Morgan fingerprint density at radius 3 is 2.64 bits per heavy atom. The number of aryl methyl sites for hydroxylation is 1. The predicted molar refractivity (Wildman–Crippen MR) is 99.5 cm³/mol. The molecule has 1 heterocycles. The van der Waals surface area contributed by atoms with Crippen molar-refractivity contribution in [2.45, 2.75) is 26.3 Å². The summed E-state index contributed by atoms with van der Waals surface area (Å²) in [5.41, 5.74) is 2.68. The molecule has 2 amide bonds. The fraction of sp³-hybridized carbons (Fsp3) is 0.300. The van der Waals surface area contributed by atoms with Crippen LogP contribution in [0.4, 0.5) is 5.69 Å².